The second kappa shape index (κ2) is 10.6. The van der Waals surface area contributed by atoms with E-state index in [2.05, 4.69) is 146 Å². The van der Waals surface area contributed by atoms with Crippen molar-refractivity contribution >= 4 is 10.8 Å². The molecular weight excluding hydrogens is 484 g/mol. The minimum atomic E-state index is 0.171. The molecule has 0 saturated heterocycles. The molecule has 0 amide bonds. The quantitative estimate of drug-likeness (QED) is 0.230. The van der Waals surface area contributed by atoms with Gasteiger partial charge >= 0.3 is 0 Å². The van der Waals surface area contributed by atoms with Gasteiger partial charge in [-0.25, -0.2) is 9.97 Å². The summed E-state index contributed by atoms with van der Waals surface area (Å²) in [5, 5.41) is 2.50. The van der Waals surface area contributed by atoms with E-state index in [0.29, 0.717) is 0 Å². The molecule has 0 aliphatic heterocycles. The van der Waals surface area contributed by atoms with E-state index < -0.39 is 0 Å². The van der Waals surface area contributed by atoms with Crippen LogP contribution in [-0.4, -0.2) is 9.97 Å². The first-order chi connectivity index (χ1) is 19.8. The highest BCUT2D eigenvalue weighted by molar-refractivity contribution is 6.05. The average molecular weight is 513 g/mol. The van der Waals surface area contributed by atoms with E-state index in [0.717, 1.165) is 34.8 Å². The van der Waals surface area contributed by atoms with E-state index >= 15 is 0 Å². The molecule has 0 N–H and O–H groups in total. The summed E-state index contributed by atoms with van der Waals surface area (Å²) in [7, 11) is 0. The van der Waals surface area contributed by atoms with Gasteiger partial charge in [-0.3, -0.25) is 0 Å². The van der Waals surface area contributed by atoms with Gasteiger partial charge in [0.2, 0.25) is 0 Å². The van der Waals surface area contributed by atoms with Gasteiger partial charge in [0.25, 0.3) is 0 Å². The molecule has 6 aromatic rings. The zero-order valence-corrected chi connectivity index (χ0v) is 22.1. The van der Waals surface area contributed by atoms with Gasteiger partial charge in [-0.1, -0.05) is 140 Å². The molecule has 0 spiro atoms. The van der Waals surface area contributed by atoms with Crippen LogP contribution in [0, 0.1) is 0 Å². The van der Waals surface area contributed by atoms with Crippen LogP contribution in [0.15, 0.2) is 152 Å². The molecule has 0 radical (unpaired) electrons. The molecular formula is C38H28N2. The third-order valence-corrected chi connectivity index (χ3v) is 7.60. The molecule has 1 aromatic heterocycles. The summed E-state index contributed by atoms with van der Waals surface area (Å²) in [6, 6.07) is 45.1. The van der Waals surface area contributed by atoms with Crippen LogP contribution in [0.4, 0.5) is 0 Å². The normalized spacial score (nSPS) is 14.4. The number of aromatic nitrogens is 2. The van der Waals surface area contributed by atoms with Crippen LogP contribution in [0.2, 0.25) is 0 Å². The lowest BCUT2D eigenvalue weighted by Crippen LogP contribution is -2.05. The Labute approximate surface area is 235 Å². The van der Waals surface area contributed by atoms with E-state index in [1.165, 1.54) is 33.0 Å². The lowest BCUT2D eigenvalue weighted by Gasteiger charge is -2.16. The van der Waals surface area contributed by atoms with Crippen LogP contribution in [0.25, 0.3) is 55.5 Å². The zero-order chi connectivity index (χ0) is 26.7. The van der Waals surface area contributed by atoms with E-state index in [-0.39, 0.29) is 5.92 Å². The van der Waals surface area contributed by atoms with Gasteiger partial charge in [0.15, 0.2) is 0 Å². The number of nitrogens with zero attached hydrogens (tertiary/aromatic N) is 2. The van der Waals surface area contributed by atoms with Crippen LogP contribution in [-0.2, 0) is 0 Å². The monoisotopic (exact) mass is 512 g/mol. The molecule has 2 nitrogen and oxygen atoms in total. The third kappa shape index (κ3) is 4.65. The Morgan fingerprint density at radius 1 is 0.475 bits per heavy atom. The largest absolute Gasteiger partial charge is 0.232 e. The third-order valence-electron chi connectivity index (χ3n) is 7.60. The Bertz CT molecular complexity index is 1870. The first-order valence-corrected chi connectivity index (χ1v) is 13.8. The molecule has 1 unspecified atom stereocenters. The molecule has 7 rings (SSSR count). The van der Waals surface area contributed by atoms with Crippen LogP contribution < -0.4 is 0 Å². The van der Waals surface area contributed by atoms with Gasteiger partial charge in [-0.2, -0.15) is 0 Å². The number of allylic oxidation sites excluding steroid dienone is 4. The Morgan fingerprint density at radius 3 is 1.73 bits per heavy atom. The summed E-state index contributed by atoms with van der Waals surface area (Å²) in [5.41, 5.74) is 8.95. The molecule has 0 bridgehead atoms. The minimum absolute atomic E-state index is 0.171. The summed E-state index contributed by atoms with van der Waals surface area (Å²) >= 11 is 0. The van der Waals surface area contributed by atoms with E-state index in [9.17, 15) is 0 Å². The van der Waals surface area contributed by atoms with Crippen molar-refractivity contribution in [2.45, 2.75) is 12.3 Å². The lowest BCUT2D eigenvalue weighted by molar-refractivity contribution is 0.775. The van der Waals surface area contributed by atoms with Crippen molar-refractivity contribution in [1.29, 1.82) is 0 Å². The Kier molecular flexibility index (Phi) is 6.35. The molecule has 0 saturated carbocycles. The fraction of sp³-hybridized carbons (Fsp3) is 0.0526. The maximum atomic E-state index is 5.11. The Morgan fingerprint density at radius 2 is 1.05 bits per heavy atom. The summed E-state index contributed by atoms with van der Waals surface area (Å²) in [6.07, 6.45) is 9.49. The highest BCUT2D eigenvalue weighted by Gasteiger charge is 2.17. The molecule has 1 aliphatic carbocycles. The predicted molar refractivity (Wildman–Crippen MR) is 167 cm³/mol. The van der Waals surface area contributed by atoms with Gasteiger partial charge in [-0.15, -0.1) is 0 Å². The zero-order valence-electron chi connectivity index (χ0n) is 22.1. The van der Waals surface area contributed by atoms with Crippen LogP contribution >= 0.6 is 0 Å². The van der Waals surface area contributed by atoms with Crippen LogP contribution in [0.5, 0.6) is 0 Å². The molecule has 190 valence electrons. The van der Waals surface area contributed by atoms with Gasteiger partial charge in [0.05, 0.1) is 11.4 Å². The van der Waals surface area contributed by atoms with Gasteiger partial charge in [0, 0.05) is 17.0 Å². The molecule has 1 aliphatic rings. The number of hydrogen-bond acceptors (Lipinski definition) is 2. The highest BCUT2D eigenvalue weighted by Crippen LogP contribution is 2.37. The predicted octanol–water partition coefficient (Wildman–Crippen LogP) is 9.90. The van der Waals surface area contributed by atoms with E-state index in [1.54, 1.807) is 0 Å². The molecule has 2 heteroatoms. The van der Waals surface area contributed by atoms with E-state index in [1.807, 2.05) is 6.07 Å². The molecule has 1 atom stereocenters. The number of rotatable bonds is 5. The van der Waals surface area contributed by atoms with Gasteiger partial charge in [0.1, 0.15) is 5.82 Å². The second-order valence-corrected chi connectivity index (χ2v) is 10.2. The first kappa shape index (κ1) is 24.0. The summed E-state index contributed by atoms with van der Waals surface area (Å²) in [6.45, 7) is 0. The first-order valence-electron chi connectivity index (χ1n) is 13.8. The number of hydrogen-bond donors (Lipinski definition) is 0. The smallest absolute Gasteiger partial charge is 0.136 e. The number of fused-ring (bicyclic) bond motifs is 1. The molecule has 40 heavy (non-hydrogen) atoms. The number of benzene rings is 5. The molecule has 5 aromatic carbocycles. The van der Waals surface area contributed by atoms with Crippen molar-refractivity contribution in [3.05, 3.63) is 158 Å². The maximum absolute atomic E-state index is 5.11. The van der Waals surface area contributed by atoms with Gasteiger partial charge < -0.3 is 0 Å². The summed E-state index contributed by atoms with van der Waals surface area (Å²) in [4.78, 5) is 10.1. The molecule has 0 fully saturated rings. The van der Waals surface area contributed by atoms with Crippen molar-refractivity contribution in [1.82, 2.24) is 9.97 Å². The van der Waals surface area contributed by atoms with E-state index in [4.69, 9.17) is 9.97 Å². The van der Waals surface area contributed by atoms with Crippen molar-refractivity contribution in [3.63, 3.8) is 0 Å². The van der Waals surface area contributed by atoms with Crippen molar-refractivity contribution in [2.24, 2.45) is 0 Å². The van der Waals surface area contributed by atoms with Crippen LogP contribution in [0.3, 0.4) is 0 Å². The fourth-order valence-corrected chi connectivity index (χ4v) is 5.57. The highest BCUT2D eigenvalue weighted by atomic mass is 14.9. The second-order valence-electron chi connectivity index (χ2n) is 10.2. The van der Waals surface area contributed by atoms with Gasteiger partial charge in [-0.05, 0) is 51.6 Å². The summed E-state index contributed by atoms with van der Waals surface area (Å²) < 4.78 is 0. The van der Waals surface area contributed by atoms with Crippen molar-refractivity contribution in [2.75, 3.05) is 0 Å². The minimum Gasteiger partial charge on any atom is -0.232 e. The van der Waals surface area contributed by atoms with Crippen molar-refractivity contribution < 1.29 is 0 Å². The fourth-order valence-electron chi connectivity index (χ4n) is 5.57. The average Bonchev–Trinajstić information content (AvgIpc) is 3.05. The Hall–Kier alpha value is -5.08. The molecule has 1 heterocycles. The van der Waals surface area contributed by atoms with Crippen molar-refractivity contribution in [3.8, 4) is 44.8 Å². The topological polar surface area (TPSA) is 25.8 Å². The van der Waals surface area contributed by atoms with Crippen LogP contribution in [0.1, 0.15) is 18.2 Å². The lowest BCUT2D eigenvalue weighted by atomic mass is 9.91. The summed E-state index contributed by atoms with van der Waals surface area (Å²) in [5.74, 6) is 1.03. The SMILES string of the molecule is C1=CCC(c2nc(-c3ccccc3)cc(-c3cccc(-c4ccc(-c5ccccc5)c5ccccc45)c3)n2)C=C1. The standard InChI is InChI=1S/C38H28N2/c1-4-13-27(14-5-1)32-23-24-33(35-22-11-10-21-34(32)35)30-19-12-20-31(25-30)37-26-36(28-15-6-2-7-16-28)39-38(40-37)29-17-8-3-9-18-29/h1-17,19-26,29H,18H2. The maximum Gasteiger partial charge on any atom is 0.136 e. The Balaban J connectivity index is 1.35.